The predicted molar refractivity (Wildman–Crippen MR) is 83.1 cm³/mol. The largest absolute Gasteiger partial charge is 0.394 e. The first kappa shape index (κ1) is 16.4. The maximum Gasteiger partial charge on any atom is 0.148 e. The zero-order chi connectivity index (χ0) is 16.9. The van der Waals surface area contributed by atoms with Gasteiger partial charge in [-0.3, -0.25) is 0 Å². The van der Waals surface area contributed by atoms with Crippen LogP contribution in [0.3, 0.4) is 0 Å². The molecule has 0 saturated carbocycles. The number of aromatic amines is 1. The molecule has 23 heavy (non-hydrogen) atoms. The zero-order valence-corrected chi connectivity index (χ0v) is 13.4. The average molecular weight is 340 g/mol. The molecule has 0 radical (unpaired) electrons. The second-order valence-corrected chi connectivity index (χ2v) is 6.12. The van der Waals surface area contributed by atoms with Gasteiger partial charge in [-0.25, -0.2) is 9.37 Å². The Hall–Kier alpha value is -1.45. The van der Waals surface area contributed by atoms with Gasteiger partial charge >= 0.3 is 0 Å². The molecule has 1 aliphatic heterocycles. The van der Waals surface area contributed by atoms with E-state index in [1.165, 1.54) is 0 Å². The van der Waals surface area contributed by atoms with E-state index in [1.807, 2.05) is 0 Å². The molecular formula is C15H17FN2O4S. The van der Waals surface area contributed by atoms with Crippen LogP contribution in [0.5, 0.6) is 0 Å². The van der Waals surface area contributed by atoms with E-state index < -0.39 is 36.8 Å². The number of hydrogen-bond donors (Lipinski definition) is 4. The first-order valence-electron chi connectivity index (χ1n) is 7.17. The molecule has 3 heterocycles. The van der Waals surface area contributed by atoms with Gasteiger partial charge in [0.25, 0.3) is 0 Å². The zero-order valence-electron chi connectivity index (χ0n) is 12.6. The molecule has 1 fully saturated rings. The molecule has 6 nitrogen and oxygen atoms in total. The summed E-state index contributed by atoms with van der Waals surface area (Å²) in [5.74, 6) is -0.407. The molecule has 3 rings (SSSR count). The fourth-order valence-corrected chi connectivity index (χ4v) is 3.16. The number of halogens is 1. The van der Waals surface area contributed by atoms with Gasteiger partial charge in [-0.15, -0.1) is 0 Å². The van der Waals surface area contributed by atoms with Crippen molar-refractivity contribution in [2.45, 2.75) is 38.3 Å². The van der Waals surface area contributed by atoms with Crippen LogP contribution in [-0.4, -0.2) is 50.2 Å². The van der Waals surface area contributed by atoms with E-state index in [9.17, 15) is 19.7 Å². The van der Waals surface area contributed by atoms with E-state index in [0.717, 1.165) is 0 Å². The fraction of sp³-hybridized carbons (Fsp3) is 0.467. The summed E-state index contributed by atoms with van der Waals surface area (Å²) in [5.41, 5.74) is 1.54. The smallest absolute Gasteiger partial charge is 0.148 e. The van der Waals surface area contributed by atoms with Crippen molar-refractivity contribution < 1.29 is 24.4 Å². The quantitative estimate of drug-likeness (QED) is 0.613. The number of fused-ring (bicyclic) bond motifs is 1. The van der Waals surface area contributed by atoms with Crippen molar-refractivity contribution in [3.63, 3.8) is 0 Å². The molecule has 1 aliphatic rings. The second-order valence-electron chi connectivity index (χ2n) is 5.71. The third-order valence-corrected chi connectivity index (χ3v) is 4.57. The van der Waals surface area contributed by atoms with Crippen LogP contribution in [0.4, 0.5) is 4.39 Å². The maximum atomic E-state index is 14.1. The standard InChI is InChI=1S/C15H17FN2O4S/c1-5-7-3-8(13-12(21)11(20)9(4-19)22-13)15(23)18-14(7)17-6(2)10(5)16/h3,9,11-13,19-21H,4H2,1-2H3,(H,17,18,23)/t9-,11?,12?,13+/m1/s1. The number of ether oxygens (including phenoxy) is 1. The van der Waals surface area contributed by atoms with Crippen LogP contribution in [0.2, 0.25) is 0 Å². The van der Waals surface area contributed by atoms with Crippen molar-refractivity contribution >= 4 is 23.3 Å². The van der Waals surface area contributed by atoms with Crippen molar-refractivity contribution in [2.24, 2.45) is 0 Å². The highest BCUT2D eigenvalue weighted by Gasteiger charge is 2.43. The van der Waals surface area contributed by atoms with Gasteiger partial charge in [0, 0.05) is 10.9 Å². The number of aryl methyl sites for hydroxylation is 2. The number of aliphatic hydroxyl groups excluding tert-OH is 3. The summed E-state index contributed by atoms with van der Waals surface area (Å²) >= 11 is 5.28. The van der Waals surface area contributed by atoms with E-state index in [4.69, 9.17) is 17.0 Å². The van der Waals surface area contributed by atoms with Crippen LogP contribution in [0.1, 0.15) is 22.9 Å². The van der Waals surface area contributed by atoms with Crippen LogP contribution < -0.4 is 0 Å². The Labute approximate surface area is 136 Å². The van der Waals surface area contributed by atoms with Gasteiger partial charge in [0.1, 0.15) is 40.5 Å². The highest BCUT2D eigenvalue weighted by molar-refractivity contribution is 7.71. The molecule has 8 heteroatoms. The summed E-state index contributed by atoms with van der Waals surface area (Å²) in [4.78, 5) is 7.05. The molecule has 2 aromatic rings. The van der Waals surface area contributed by atoms with Crippen LogP contribution in [-0.2, 0) is 4.74 Å². The van der Waals surface area contributed by atoms with Crippen LogP contribution in [0, 0.1) is 24.3 Å². The second kappa shape index (κ2) is 5.88. The first-order valence-corrected chi connectivity index (χ1v) is 7.58. The molecule has 0 amide bonds. The minimum atomic E-state index is -1.23. The summed E-state index contributed by atoms with van der Waals surface area (Å²) in [6.07, 6.45) is -4.25. The number of H-pyrrole nitrogens is 1. The van der Waals surface area contributed by atoms with Crippen molar-refractivity contribution in [1.82, 2.24) is 9.97 Å². The summed E-state index contributed by atoms with van der Waals surface area (Å²) in [6, 6.07) is 1.61. The van der Waals surface area contributed by atoms with E-state index in [1.54, 1.807) is 19.9 Å². The number of rotatable bonds is 2. The van der Waals surface area contributed by atoms with Gasteiger partial charge in [-0.1, -0.05) is 12.2 Å². The summed E-state index contributed by atoms with van der Waals surface area (Å²) in [6.45, 7) is 2.77. The van der Waals surface area contributed by atoms with Crippen molar-refractivity contribution in [2.75, 3.05) is 6.61 Å². The lowest BCUT2D eigenvalue weighted by molar-refractivity contribution is -0.0229. The number of aromatic nitrogens is 2. The Balaban J connectivity index is 2.16. The predicted octanol–water partition coefficient (Wildman–Crippen LogP) is 1.20. The molecule has 2 unspecified atom stereocenters. The monoisotopic (exact) mass is 340 g/mol. The average Bonchev–Trinajstić information content (AvgIpc) is 2.80. The molecule has 1 saturated heterocycles. The number of aliphatic hydroxyl groups is 3. The van der Waals surface area contributed by atoms with E-state index in [0.29, 0.717) is 22.2 Å². The molecule has 4 atom stereocenters. The number of nitrogens with zero attached hydrogens (tertiary/aromatic N) is 1. The highest BCUT2D eigenvalue weighted by atomic mass is 32.1. The summed E-state index contributed by atoms with van der Waals surface area (Å²) in [7, 11) is 0. The Kier molecular flexibility index (Phi) is 4.19. The van der Waals surface area contributed by atoms with Crippen LogP contribution >= 0.6 is 12.2 Å². The third-order valence-electron chi connectivity index (χ3n) is 4.23. The molecule has 124 valence electrons. The lowest BCUT2D eigenvalue weighted by Gasteiger charge is -2.16. The lowest BCUT2D eigenvalue weighted by atomic mass is 10.0. The summed E-state index contributed by atoms with van der Waals surface area (Å²) in [5, 5.41) is 29.7. The van der Waals surface area contributed by atoms with Crippen molar-refractivity contribution in [3.05, 3.63) is 33.3 Å². The number of nitrogens with one attached hydrogen (secondary N) is 1. The first-order chi connectivity index (χ1) is 10.8. The van der Waals surface area contributed by atoms with Crippen molar-refractivity contribution in [1.29, 1.82) is 0 Å². The van der Waals surface area contributed by atoms with E-state index in [-0.39, 0.29) is 10.3 Å². The van der Waals surface area contributed by atoms with Gasteiger partial charge in [0.15, 0.2) is 0 Å². The Morgan fingerprint density at radius 2 is 2.04 bits per heavy atom. The normalized spacial score (nSPS) is 27.7. The van der Waals surface area contributed by atoms with Gasteiger partial charge in [0.2, 0.25) is 0 Å². The van der Waals surface area contributed by atoms with Gasteiger partial charge in [-0.2, -0.15) is 0 Å². The number of hydrogen-bond acceptors (Lipinski definition) is 6. The summed E-state index contributed by atoms with van der Waals surface area (Å²) < 4.78 is 19.8. The highest BCUT2D eigenvalue weighted by Crippen LogP contribution is 2.35. The lowest BCUT2D eigenvalue weighted by Crippen LogP contribution is -2.32. The van der Waals surface area contributed by atoms with Crippen LogP contribution in [0.15, 0.2) is 6.07 Å². The molecule has 2 aromatic heterocycles. The van der Waals surface area contributed by atoms with Crippen LogP contribution in [0.25, 0.3) is 11.0 Å². The van der Waals surface area contributed by atoms with Gasteiger partial charge in [-0.05, 0) is 25.5 Å². The topological polar surface area (TPSA) is 98.6 Å². The molecule has 0 aromatic carbocycles. The third kappa shape index (κ3) is 2.56. The Morgan fingerprint density at radius 3 is 2.65 bits per heavy atom. The molecule has 0 bridgehead atoms. The Morgan fingerprint density at radius 1 is 1.35 bits per heavy atom. The van der Waals surface area contributed by atoms with E-state index >= 15 is 0 Å². The Bertz CT molecular complexity index is 825. The number of pyridine rings is 2. The molecule has 4 N–H and O–H groups in total. The SMILES string of the molecule is Cc1nc2[nH]c(=S)c([C@@H]3O[C@H](CO)C(O)C3O)cc2c(C)c1F. The van der Waals surface area contributed by atoms with Gasteiger partial charge < -0.3 is 25.0 Å². The molecular weight excluding hydrogens is 323 g/mol. The fourth-order valence-electron chi connectivity index (χ4n) is 2.88. The minimum Gasteiger partial charge on any atom is -0.394 e. The van der Waals surface area contributed by atoms with Gasteiger partial charge in [0.05, 0.1) is 12.3 Å². The maximum absolute atomic E-state index is 14.1. The molecule has 0 aliphatic carbocycles. The molecule has 0 spiro atoms. The van der Waals surface area contributed by atoms with Crippen molar-refractivity contribution in [3.8, 4) is 0 Å². The van der Waals surface area contributed by atoms with E-state index in [2.05, 4.69) is 9.97 Å². The minimum absolute atomic E-state index is 0.265.